The van der Waals surface area contributed by atoms with Crippen LogP contribution in [0.2, 0.25) is 0 Å². The SMILES string of the molecule is CS(=O)(=O)NCc1ccc(NCc2cc3cc(F)ccc3o2)cc1. The van der Waals surface area contributed by atoms with Crippen LogP contribution in [0.5, 0.6) is 0 Å². The van der Waals surface area contributed by atoms with E-state index in [2.05, 4.69) is 10.0 Å². The molecule has 0 aliphatic rings. The van der Waals surface area contributed by atoms with Gasteiger partial charge in [-0.25, -0.2) is 17.5 Å². The summed E-state index contributed by atoms with van der Waals surface area (Å²) in [6, 6.07) is 13.6. The van der Waals surface area contributed by atoms with Crippen molar-refractivity contribution in [1.29, 1.82) is 0 Å². The molecule has 0 saturated heterocycles. The second-order valence-electron chi connectivity index (χ2n) is 5.54. The van der Waals surface area contributed by atoms with Crippen molar-refractivity contribution < 1.29 is 17.2 Å². The van der Waals surface area contributed by atoms with Gasteiger partial charge in [-0.3, -0.25) is 0 Å². The lowest BCUT2D eigenvalue weighted by Crippen LogP contribution is -2.21. The van der Waals surface area contributed by atoms with Crippen LogP contribution in [-0.2, 0) is 23.1 Å². The van der Waals surface area contributed by atoms with Crippen molar-refractivity contribution in [2.75, 3.05) is 11.6 Å². The minimum atomic E-state index is -3.20. The fourth-order valence-electron chi connectivity index (χ4n) is 2.30. The predicted octanol–water partition coefficient (Wildman–Crippen LogP) is 3.23. The largest absolute Gasteiger partial charge is 0.459 e. The molecule has 24 heavy (non-hydrogen) atoms. The van der Waals surface area contributed by atoms with Gasteiger partial charge in [0.05, 0.1) is 12.8 Å². The molecule has 0 aliphatic heterocycles. The lowest BCUT2D eigenvalue weighted by Gasteiger charge is -2.06. The summed E-state index contributed by atoms with van der Waals surface area (Å²) in [6.07, 6.45) is 1.13. The fourth-order valence-corrected chi connectivity index (χ4v) is 2.73. The van der Waals surface area contributed by atoms with Crippen molar-refractivity contribution in [3.8, 4) is 0 Å². The Morgan fingerprint density at radius 2 is 1.79 bits per heavy atom. The number of sulfonamides is 1. The van der Waals surface area contributed by atoms with Crippen molar-refractivity contribution in [2.45, 2.75) is 13.1 Å². The van der Waals surface area contributed by atoms with Gasteiger partial charge in [0.1, 0.15) is 17.2 Å². The Balaban J connectivity index is 1.61. The van der Waals surface area contributed by atoms with Gasteiger partial charge in [-0.05, 0) is 42.0 Å². The Morgan fingerprint density at radius 1 is 1.04 bits per heavy atom. The Morgan fingerprint density at radius 3 is 2.50 bits per heavy atom. The van der Waals surface area contributed by atoms with E-state index in [1.165, 1.54) is 12.1 Å². The Kier molecular flexibility index (Phi) is 4.55. The molecule has 3 aromatic rings. The number of hydrogen-bond acceptors (Lipinski definition) is 4. The van der Waals surface area contributed by atoms with Gasteiger partial charge in [0.25, 0.3) is 0 Å². The molecule has 0 unspecified atom stereocenters. The molecule has 0 bridgehead atoms. The number of halogens is 1. The molecule has 0 radical (unpaired) electrons. The highest BCUT2D eigenvalue weighted by Crippen LogP contribution is 2.21. The molecular formula is C17H17FN2O3S. The van der Waals surface area contributed by atoms with E-state index in [4.69, 9.17) is 4.42 Å². The zero-order chi connectivity index (χ0) is 17.2. The highest BCUT2D eigenvalue weighted by atomic mass is 32.2. The molecule has 0 fully saturated rings. The van der Waals surface area contributed by atoms with E-state index < -0.39 is 10.0 Å². The normalized spacial score (nSPS) is 11.8. The van der Waals surface area contributed by atoms with Crippen molar-refractivity contribution in [1.82, 2.24) is 4.72 Å². The number of rotatable bonds is 6. The van der Waals surface area contributed by atoms with Crippen molar-refractivity contribution in [2.24, 2.45) is 0 Å². The molecule has 5 nitrogen and oxygen atoms in total. The van der Waals surface area contributed by atoms with E-state index >= 15 is 0 Å². The van der Waals surface area contributed by atoms with Crippen LogP contribution >= 0.6 is 0 Å². The summed E-state index contributed by atoms with van der Waals surface area (Å²) in [6.45, 7) is 0.728. The van der Waals surface area contributed by atoms with Gasteiger partial charge in [-0.1, -0.05) is 12.1 Å². The molecule has 0 spiro atoms. The highest BCUT2D eigenvalue weighted by Gasteiger charge is 2.05. The van der Waals surface area contributed by atoms with E-state index in [-0.39, 0.29) is 12.4 Å². The second kappa shape index (κ2) is 6.62. The molecule has 0 aliphatic carbocycles. The summed E-state index contributed by atoms with van der Waals surface area (Å²) < 4.78 is 43.4. The van der Waals surface area contributed by atoms with Gasteiger partial charge < -0.3 is 9.73 Å². The number of anilines is 1. The maximum Gasteiger partial charge on any atom is 0.209 e. The number of furan rings is 1. The third-order valence-electron chi connectivity index (χ3n) is 3.49. The van der Waals surface area contributed by atoms with Crippen LogP contribution in [0.3, 0.4) is 0 Å². The summed E-state index contributed by atoms with van der Waals surface area (Å²) in [7, 11) is -3.20. The third kappa shape index (κ3) is 4.33. The molecular weight excluding hydrogens is 331 g/mol. The van der Waals surface area contributed by atoms with E-state index in [1.54, 1.807) is 12.1 Å². The predicted molar refractivity (Wildman–Crippen MR) is 91.6 cm³/mol. The van der Waals surface area contributed by atoms with E-state index in [9.17, 15) is 12.8 Å². The lowest BCUT2D eigenvalue weighted by molar-refractivity contribution is 0.558. The van der Waals surface area contributed by atoms with E-state index in [0.717, 1.165) is 22.9 Å². The number of fused-ring (bicyclic) bond motifs is 1. The minimum Gasteiger partial charge on any atom is -0.459 e. The first kappa shape index (κ1) is 16.5. The number of hydrogen-bond donors (Lipinski definition) is 2. The van der Waals surface area contributed by atoms with Crippen LogP contribution in [-0.4, -0.2) is 14.7 Å². The maximum atomic E-state index is 13.2. The van der Waals surface area contributed by atoms with Gasteiger partial charge in [-0.2, -0.15) is 0 Å². The summed E-state index contributed by atoms with van der Waals surface area (Å²) in [5.41, 5.74) is 2.39. The molecule has 0 amide bonds. The summed E-state index contributed by atoms with van der Waals surface area (Å²) in [5.74, 6) is 0.416. The van der Waals surface area contributed by atoms with Crippen LogP contribution in [0.25, 0.3) is 11.0 Å². The fraction of sp³-hybridized carbons (Fsp3) is 0.176. The van der Waals surface area contributed by atoms with Crippen LogP contribution in [0, 0.1) is 5.82 Å². The zero-order valence-electron chi connectivity index (χ0n) is 13.0. The zero-order valence-corrected chi connectivity index (χ0v) is 13.9. The van der Waals surface area contributed by atoms with Crippen molar-refractivity contribution >= 4 is 26.7 Å². The number of benzene rings is 2. The van der Waals surface area contributed by atoms with Crippen LogP contribution in [0.15, 0.2) is 52.9 Å². The highest BCUT2D eigenvalue weighted by molar-refractivity contribution is 7.88. The molecule has 0 atom stereocenters. The van der Waals surface area contributed by atoms with Crippen LogP contribution in [0.4, 0.5) is 10.1 Å². The smallest absolute Gasteiger partial charge is 0.209 e. The molecule has 3 rings (SSSR count). The first-order chi connectivity index (χ1) is 11.4. The molecule has 1 aromatic heterocycles. The van der Waals surface area contributed by atoms with Crippen molar-refractivity contribution in [3.05, 3.63) is 65.7 Å². The quantitative estimate of drug-likeness (QED) is 0.717. The molecule has 1 heterocycles. The Labute approximate surface area is 139 Å². The minimum absolute atomic E-state index is 0.258. The summed E-state index contributed by atoms with van der Waals surface area (Å²) in [4.78, 5) is 0. The van der Waals surface area contributed by atoms with Crippen LogP contribution < -0.4 is 10.0 Å². The van der Waals surface area contributed by atoms with Gasteiger partial charge in [0.2, 0.25) is 10.0 Å². The van der Waals surface area contributed by atoms with Gasteiger partial charge >= 0.3 is 0 Å². The monoisotopic (exact) mass is 348 g/mol. The average molecular weight is 348 g/mol. The topological polar surface area (TPSA) is 71.3 Å². The van der Waals surface area contributed by atoms with Gasteiger partial charge in [0.15, 0.2) is 0 Å². The first-order valence-electron chi connectivity index (χ1n) is 7.34. The molecule has 126 valence electrons. The van der Waals surface area contributed by atoms with Gasteiger partial charge in [-0.15, -0.1) is 0 Å². The van der Waals surface area contributed by atoms with Crippen molar-refractivity contribution in [3.63, 3.8) is 0 Å². The third-order valence-corrected chi connectivity index (χ3v) is 4.16. The number of nitrogens with one attached hydrogen (secondary N) is 2. The van der Waals surface area contributed by atoms with Crippen LogP contribution in [0.1, 0.15) is 11.3 Å². The lowest BCUT2D eigenvalue weighted by atomic mass is 10.2. The van der Waals surface area contributed by atoms with E-state index in [1.807, 2.05) is 24.3 Å². The Bertz CT molecular complexity index is 950. The molecule has 0 saturated carbocycles. The molecule has 7 heteroatoms. The van der Waals surface area contributed by atoms with E-state index in [0.29, 0.717) is 17.9 Å². The standard InChI is InChI=1S/C17H17FN2O3S/c1-24(21,22)20-10-12-2-5-15(6-3-12)19-11-16-9-13-8-14(18)4-7-17(13)23-16/h2-9,19-20H,10-11H2,1H3. The summed E-state index contributed by atoms with van der Waals surface area (Å²) in [5, 5.41) is 3.94. The Hall–Kier alpha value is -2.38. The second-order valence-corrected chi connectivity index (χ2v) is 7.37. The van der Waals surface area contributed by atoms with Gasteiger partial charge in [0, 0.05) is 17.6 Å². The molecule has 2 N–H and O–H groups in total. The summed E-state index contributed by atoms with van der Waals surface area (Å²) >= 11 is 0. The average Bonchev–Trinajstić information content (AvgIpc) is 2.93. The maximum absolute atomic E-state index is 13.2. The molecule has 2 aromatic carbocycles. The first-order valence-corrected chi connectivity index (χ1v) is 9.24.